The van der Waals surface area contributed by atoms with Gasteiger partial charge in [0.1, 0.15) is 0 Å². The minimum atomic E-state index is -0.899. The van der Waals surface area contributed by atoms with Crippen LogP contribution in [0.3, 0.4) is 0 Å². The smallest absolute Gasteiger partial charge is 0.317 e. The fourth-order valence-corrected chi connectivity index (χ4v) is 2.50. The van der Waals surface area contributed by atoms with Crippen LogP contribution in [0, 0.1) is 5.92 Å². The first-order valence-corrected chi connectivity index (χ1v) is 7.34. The standard InChI is InChI=1S/C16H22N2O3/c1-11(15(19)20)12(2)17-16(21)18-9-5-8-13-6-3-4-7-14(13)10-18/h3-4,6-7,11-12H,5,8-10H2,1-2H3,(H,17,21)(H,19,20). The molecule has 21 heavy (non-hydrogen) atoms. The molecule has 0 radical (unpaired) electrons. The maximum absolute atomic E-state index is 12.3. The third-order valence-electron chi connectivity index (χ3n) is 4.13. The van der Waals surface area contributed by atoms with Crippen molar-refractivity contribution in [1.82, 2.24) is 10.2 Å². The Morgan fingerprint density at radius 1 is 1.24 bits per heavy atom. The molecule has 1 aliphatic heterocycles. The fourth-order valence-electron chi connectivity index (χ4n) is 2.50. The van der Waals surface area contributed by atoms with E-state index in [1.807, 2.05) is 18.2 Å². The van der Waals surface area contributed by atoms with Gasteiger partial charge in [-0.1, -0.05) is 24.3 Å². The molecule has 0 saturated carbocycles. The number of fused-ring (bicyclic) bond motifs is 1. The monoisotopic (exact) mass is 290 g/mol. The zero-order chi connectivity index (χ0) is 15.4. The number of carboxylic acids is 1. The van der Waals surface area contributed by atoms with E-state index in [2.05, 4.69) is 11.4 Å². The number of carboxylic acid groups (broad SMARTS) is 1. The van der Waals surface area contributed by atoms with Crippen molar-refractivity contribution in [3.63, 3.8) is 0 Å². The Morgan fingerprint density at radius 2 is 1.90 bits per heavy atom. The highest BCUT2D eigenvalue weighted by molar-refractivity contribution is 5.76. The first-order valence-electron chi connectivity index (χ1n) is 7.34. The van der Waals surface area contributed by atoms with Crippen LogP contribution in [-0.4, -0.2) is 34.6 Å². The summed E-state index contributed by atoms with van der Waals surface area (Å²) in [7, 11) is 0. The van der Waals surface area contributed by atoms with Gasteiger partial charge in [-0.3, -0.25) is 4.79 Å². The minimum absolute atomic E-state index is 0.188. The Balaban J connectivity index is 2.02. The van der Waals surface area contributed by atoms with E-state index in [-0.39, 0.29) is 6.03 Å². The number of carbonyl (C=O) groups is 2. The minimum Gasteiger partial charge on any atom is -0.481 e. The summed E-state index contributed by atoms with van der Waals surface area (Å²) >= 11 is 0. The van der Waals surface area contributed by atoms with Crippen molar-refractivity contribution < 1.29 is 14.7 Å². The second-order valence-corrected chi connectivity index (χ2v) is 5.66. The van der Waals surface area contributed by atoms with Gasteiger partial charge in [-0.15, -0.1) is 0 Å². The number of hydrogen-bond acceptors (Lipinski definition) is 2. The number of aliphatic carboxylic acids is 1. The van der Waals surface area contributed by atoms with E-state index in [1.165, 1.54) is 11.1 Å². The summed E-state index contributed by atoms with van der Waals surface area (Å²) in [6.07, 6.45) is 1.90. The number of amides is 2. The van der Waals surface area contributed by atoms with E-state index in [4.69, 9.17) is 5.11 Å². The van der Waals surface area contributed by atoms with E-state index in [0.29, 0.717) is 13.1 Å². The molecule has 2 rings (SSSR count). The van der Waals surface area contributed by atoms with Crippen molar-refractivity contribution >= 4 is 12.0 Å². The molecule has 2 unspecified atom stereocenters. The van der Waals surface area contributed by atoms with Gasteiger partial charge in [0.05, 0.1) is 5.92 Å². The Kier molecular flexibility index (Phi) is 4.83. The molecule has 1 aromatic carbocycles. The van der Waals surface area contributed by atoms with Gasteiger partial charge in [-0.2, -0.15) is 0 Å². The van der Waals surface area contributed by atoms with Crippen LogP contribution in [-0.2, 0) is 17.8 Å². The third-order valence-corrected chi connectivity index (χ3v) is 4.13. The van der Waals surface area contributed by atoms with Crippen molar-refractivity contribution in [2.24, 2.45) is 5.92 Å². The summed E-state index contributed by atoms with van der Waals surface area (Å²) in [5.41, 5.74) is 2.46. The highest BCUT2D eigenvalue weighted by Crippen LogP contribution is 2.18. The third kappa shape index (κ3) is 3.74. The molecule has 2 amide bonds. The normalized spacial score (nSPS) is 17.3. The van der Waals surface area contributed by atoms with Crippen LogP contribution in [0.5, 0.6) is 0 Å². The van der Waals surface area contributed by atoms with Gasteiger partial charge in [-0.05, 0) is 37.8 Å². The molecular formula is C16H22N2O3. The molecular weight excluding hydrogens is 268 g/mol. The van der Waals surface area contributed by atoms with Crippen molar-refractivity contribution in [2.75, 3.05) is 6.54 Å². The fraction of sp³-hybridized carbons (Fsp3) is 0.500. The zero-order valence-electron chi connectivity index (χ0n) is 12.5. The highest BCUT2D eigenvalue weighted by Gasteiger charge is 2.24. The highest BCUT2D eigenvalue weighted by atomic mass is 16.4. The summed E-state index contributed by atoms with van der Waals surface area (Å²) < 4.78 is 0. The van der Waals surface area contributed by atoms with Gasteiger partial charge in [0.15, 0.2) is 0 Å². The van der Waals surface area contributed by atoms with Gasteiger partial charge in [0, 0.05) is 19.1 Å². The quantitative estimate of drug-likeness (QED) is 0.897. The van der Waals surface area contributed by atoms with Crippen LogP contribution in [0.15, 0.2) is 24.3 Å². The molecule has 0 bridgehead atoms. The molecule has 2 N–H and O–H groups in total. The van der Waals surface area contributed by atoms with Crippen molar-refractivity contribution in [3.8, 4) is 0 Å². The lowest BCUT2D eigenvalue weighted by Crippen LogP contribution is -2.47. The lowest BCUT2D eigenvalue weighted by Gasteiger charge is -2.25. The number of nitrogens with one attached hydrogen (secondary N) is 1. The van der Waals surface area contributed by atoms with Crippen molar-refractivity contribution in [1.29, 1.82) is 0 Å². The number of aryl methyl sites for hydroxylation is 1. The number of rotatable bonds is 3. The maximum atomic E-state index is 12.3. The molecule has 0 aromatic heterocycles. The molecule has 0 aliphatic carbocycles. The lowest BCUT2D eigenvalue weighted by atomic mass is 10.0. The molecule has 1 heterocycles. The predicted octanol–water partition coefficient (Wildman–Crippen LogP) is 2.25. The molecule has 114 valence electrons. The molecule has 1 aromatic rings. The molecule has 0 saturated heterocycles. The van der Waals surface area contributed by atoms with E-state index >= 15 is 0 Å². The average molecular weight is 290 g/mol. The van der Waals surface area contributed by atoms with E-state index < -0.39 is 17.9 Å². The molecule has 1 aliphatic rings. The molecule has 5 nitrogen and oxygen atoms in total. The molecule has 5 heteroatoms. The number of urea groups is 1. The van der Waals surface area contributed by atoms with Gasteiger partial charge in [-0.25, -0.2) is 4.79 Å². The maximum Gasteiger partial charge on any atom is 0.317 e. The first-order chi connectivity index (χ1) is 9.99. The second kappa shape index (κ2) is 6.61. The van der Waals surface area contributed by atoms with Crippen molar-refractivity contribution in [3.05, 3.63) is 35.4 Å². The van der Waals surface area contributed by atoms with Crippen molar-refractivity contribution in [2.45, 2.75) is 39.3 Å². The van der Waals surface area contributed by atoms with E-state index in [0.717, 1.165) is 12.8 Å². The molecule has 2 atom stereocenters. The summed E-state index contributed by atoms with van der Waals surface area (Å²) in [5, 5.41) is 11.8. The molecule has 0 spiro atoms. The van der Waals surface area contributed by atoms with Crippen LogP contribution in [0.25, 0.3) is 0 Å². The number of carbonyl (C=O) groups excluding carboxylic acids is 1. The summed E-state index contributed by atoms with van der Waals surface area (Å²) in [6.45, 7) is 4.60. The largest absolute Gasteiger partial charge is 0.481 e. The van der Waals surface area contributed by atoms with E-state index in [1.54, 1.807) is 18.7 Å². The Bertz CT molecular complexity index is 530. The Labute approximate surface area is 125 Å². The van der Waals surface area contributed by atoms with Crippen LogP contribution in [0.2, 0.25) is 0 Å². The second-order valence-electron chi connectivity index (χ2n) is 5.66. The summed E-state index contributed by atoms with van der Waals surface area (Å²) in [5.74, 6) is -1.50. The number of benzene rings is 1. The molecule has 0 fully saturated rings. The lowest BCUT2D eigenvalue weighted by molar-refractivity contribution is -0.141. The summed E-state index contributed by atoms with van der Waals surface area (Å²) in [6, 6.07) is 7.57. The topological polar surface area (TPSA) is 69.6 Å². The van der Waals surface area contributed by atoms with Gasteiger partial charge >= 0.3 is 12.0 Å². The SMILES string of the molecule is CC(NC(=O)N1CCCc2ccccc2C1)C(C)C(=O)O. The van der Waals surface area contributed by atoms with Crippen LogP contribution in [0.1, 0.15) is 31.4 Å². The zero-order valence-corrected chi connectivity index (χ0v) is 12.5. The van der Waals surface area contributed by atoms with Crippen LogP contribution >= 0.6 is 0 Å². The number of nitrogens with zero attached hydrogens (tertiary/aromatic N) is 1. The Hall–Kier alpha value is -2.04. The predicted molar refractivity (Wildman–Crippen MR) is 80.0 cm³/mol. The Morgan fingerprint density at radius 3 is 2.57 bits per heavy atom. The van der Waals surface area contributed by atoms with Crippen LogP contribution in [0.4, 0.5) is 4.79 Å². The van der Waals surface area contributed by atoms with E-state index in [9.17, 15) is 9.59 Å². The van der Waals surface area contributed by atoms with Gasteiger partial charge in [0.2, 0.25) is 0 Å². The van der Waals surface area contributed by atoms with Gasteiger partial charge in [0.25, 0.3) is 0 Å². The first kappa shape index (κ1) is 15.4. The average Bonchev–Trinajstić information content (AvgIpc) is 2.68. The van der Waals surface area contributed by atoms with Gasteiger partial charge < -0.3 is 15.3 Å². The number of hydrogen-bond donors (Lipinski definition) is 2. The summed E-state index contributed by atoms with van der Waals surface area (Å²) in [4.78, 5) is 25.0. The van der Waals surface area contributed by atoms with Crippen LogP contribution < -0.4 is 5.32 Å².